The molecule has 4 nitrogen and oxygen atoms in total. The van der Waals surface area contributed by atoms with Crippen molar-refractivity contribution in [2.24, 2.45) is 0 Å². The zero-order chi connectivity index (χ0) is 19.3. The maximum Gasteiger partial charge on any atom is 0.143 e. The third kappa shape index (κ3) is 3.97. The van der Waals surface area contributed by atoms with Gasteiger partial charge in [-0.15, -0.1) is 11.3 Å². The van der Waals surface area contributed by atoms with Gasteiger partial charge in [0.15, 0.2) is 0 Å². The number of aromatic nitrogens is 2. The van der Waals surface area contributed by atoms with Gasteiger partial charge in [-0.05, 0) is 48.4 Å². The summed E-state index contributed by atoms with van der Waals surface area (Å²) in [5, 5.41) is 6.34. The summed E-state index contributed by atoms with van der Waals surface area (Å²) in [5.41, 5.74) is 2.84. The Balaban J connectivity index is 1.62. The number of hydrogen-bond acceptors (Lipinski definition) is 5. The molecule has 0 saturated carbocycles. The maximum atomic E-state index is 13.3. The minimum atomic E-state index is -0.251. The average molecular weight is 393 g/mol. The van der Waals surface area contributed by atoms with E-state index in [0.29, 0.717) is 0 Å². The molecule has 0 radical (unpaired) electrons. The topological polar surface area (TPSA) is 47.0 Å². The number of hydrogen-bond donors (Lipinski definition) is 1. The van der Waals surface area contributed by atoms with E-state index in [0.717, 1.165) is 58.0 Å². The number of ether oxygens (including phenoxy) is 1. The van der Waals surface area contributed by atoms with Crippen LogP contribution >= 0.6 is 11.3 Å². The van der Waals surface area contributed by atoms with E-state index in [1.807, 2.05) is 29.6 Å². The number of benzene rings is 2. The van der Waals surface area contributed by atoms with Gasteiger partial charge in [0.2, 0.25) is 0 Å². The minimum Gasteiger partial charge on any atom is -0.494 e. The molecule has 0 fully saturated rings. The fourth-order valence-electron chi connectivity index (χ4n) is 2.92. The van der Waals surface area contributed by atoms with Gasteiger partial charge in [-0.2, -0.15) is 0 Å². The smallest absolute Gasteiger partial charge is 0.143 e. The standard InChI is InChI=1S/C22H20FN3OS/c1-2-3-12-27-18-10-8-17(9-11-18)26-21-20-19(13-28-22(20)25-14-24-21)15-4-6-16(23)7-5-15/h4-11,13-14H,2-3,12H2,1H3,(H,24,25,26). The zero-order valence-corrected chi connectivity index (χ0v) is 16.3. The van der Waals surface area contributed by atoms with Crippen LogP contribution in [0.4, 0.5) is 15.9 Å². The first-order valence-corrected chi connectivity index (χ1v) is 10.1. The van der Waals surface area contributed by atoms with Crippen molar-refractivity contribution in [2.75, 3.05) is 11.9 Å². The lowest BCUT2D eigenvalue weighted by Crippen LogP contribution is -1.98. The number of halogens is 1. The second-order valence-corrected chi connectivity index (χ2v) is 7.27. The van der Waals surface area contributed by atoms with Crippen LogP contribution in [0.3, 0.4) is 0 Å². The molecule has 4 aromatic rings. The van der Waals surface area contributed by atoms with Crippen molar-refractivity contribution in [3.8, 4) is 16.9 Å². The number of unbranched alkanes of at least 4 members (excludes halogenated alkanes) is 1. The van der Waals surface area contributed by atoms with Crippen LogP contribution in [-0.2, 0) is 0 Å². The van der Waals surface area contributed by atoms with Crippen LogP contribution in [0.1, 0.15) is 19.8 Å². The third-order valence-corrected chi connectivity index (χ3v) is 5.30. The fraction of sp³-hybridized carbons (Fsp3) is 0.182. The number of thiophene rings is 1. The van der Waals surface area contributed by atoms with Gasteiger partial charge in [0, 0.05) is 16.6 Å². The van der Waals surface area contributed by atoms with E-state index in [2.05, 4.69) is 22.2 Å². The van der Waals surface area contributed by atoms with Crippen LogP contribution in [0.2, 0.25) is 0 Å². The Morgan fingerprint density at radius 1 is 1.04 bits per heavy atom. The van der Waals surface area contributed by atoms with E-state index in [4.69, 9.17) is 4.74 Å². The highest BCUT2D eigenvalue weighted by molar-refractivity contribution is 7.17. The Bertz CT molecular complexity index is 1060. The second-order valence-electron chi connectivity index (χ2n) is 6.41. The Morgan fingerprint density at radius 3 is 2.57 bits per heavy atom. The molecule has 28 heavy (non-hydrogen) atoms. The lowest BCUT2D eigenvalue weighted by molar-refractivity contribution is 0.309. The van der Waals surface area contributed by atoms with Gasteiger partial charge in [-0.1, -0.05) is 25.5 Å². The first kappa shape index (κ1) is 18.4. The first-order chi connectivity index (χ1) is 13.7. The average Bonchev–Trinajstić information content (AvgIpc) is 3.15. The summed E-state index contributed by atoms with van der Waals surface area (Å²) in [4.78, 5) is 9.70. The highest BCUT2D eigenvalue weighted by atomic mass is 32.1. The molecule has 2 heterocycles. The molecular formula is C22H20FN3OS. The summed E-state index contributed by atoms with van der Waals surface area (Å²) in [6.45, 7) is 2.87. The van der Waals surface area contributed by atoms with Crippen LogP contribution in [0.15, 0.2) is 60.2 Å². The predicted molar refractivity (Wildman–Crippen MR) is 113 cm³/mol. The molecule has 142 valence electrons. The molecule has 4 rings (SSSR count). The molecule has 2 aromatic heterocycles. The van der Waals surface area contributed by atoms with E-state index >= 15 is 0 Å². The maximum absolute atomic E-state index is 13.3. The molecule has 0 bridgehead atoms. The molecule has 0 aliphatic heterocycles. The predicted octanol–water partition coefficient (Wildman–Crippen LogP) is 6.42. The summed E-state index contributed by atoms with van der Waals surface area (Å²) in [7, 11) is 0. The van der Waals surface area contributed by atoms with Gasteiger partial charge in [0.05, 0.1) is 12.0 Å². The number of fused-ring (bicyclic) bond motifs is 1. The van der Waals surface area contributed by atoms with E-state index in [1.54, 1.807) is 29.8 Å². The van der Waals surface area contributed by atoms with Crippen LogP contribution < -0.4 is 10.1 Å². The molecule has 0 saturated heterocycles. The van der Waals surface area contributed by atoms with Gasteiger partial charge in [0.25, 0.3) is 0 Å². The minimum absolute atomic E-state index is 0.251. The Morgan fingerprint density at radius 2 is 1.82 bits per heavy atom. The highest BCUT2D eigenvalue weighted by Gasteiger charge is 2.13. The van der Waals surface area contributed by atoms with Crippen molar-refractivity contribution < 1.29 is 9.13 Å². The lowest BCUT2D eigenvalue weighted by Gasteiger charge is -2.10. The summed E-state index contributed by atoms with van der Waals surface area (Å²) in [6, 6.07) is 14.3. The molecule has 0 spiro atoms. The first-order valence-electron chi connectivity index (χ1n) is 9.22. The van der Waals surface area contributed by atoms with Gasteiger partial charge in [-0.25, -0.2) is 14.4 Å². The Hall–Kier alpha value is -2.99. The Kier molecular flexibility index (Phi) is 5.48. The van der Waals surface area contributed by atoms with Crippen molar-refractivity contribution >= 4 is 33.1 Å². The number of anilines is 2. The normalized spacial score (nSPS) is 10.9. The number of rotatable bonds is 7. The molecular weight excluding hydrogens is 373 g/mol. The SMILES string of the molecule is CCCCOc1ccc(Nc2ncnc3scc(-c4ccc(F)cc4)c23)cc1. The van der Waals surface area contributed by atoms with Gasteiger partial charge >= 0.3 is 0 Å². The largest absolute Gasteiger partial charge is 0.494 e. The van der Waals surface area contributed by atoms with E-state index in [1.165, 1.54) is 12.1 Å². The summed E-state index contributed by atoms with van der Waals surface area (Å²) >= 11 is 1.55. The molecule has 0 aliphatic rings. The molecule has 0 unspecified atom stereocenters. The monoisotopic (exact) mass is 393 g/mol. The van der Waals surface area contributed by atoms with Crippen LogP contribution in [-0.4, -0.2) is 16.6 Å². The van der Waals surface area contributed by atoms with E-state index in [9.17, 15) is 4.39 Å². The molecule has 0 aliphatic carbocycles. The Labute approximate surface area is 167 Å². The van der Waals surface area contributed by atoms with Crippen molar-refractivity contribution in [1.29, 1.82) is 0 Å². The van der Waals surface area contributed by atoms with Crippen LogP contribution in [0.5, 0.6) is 5.75 Å². The highest BCUT2D eigenvalue weighted by Crippen LogP contribution is 2.37. The van der Waals surface area contributed by atoms with Crippen molar-refractivity contribution in [3.63, 3.8) is 0 Å². The van der Waals surface area contributed by atoms with Gasteiger partial charge in [0.1, 0.15) is 28.5 Å². The third-order valence-electron chi connectivity index (χ3n) is 4.41. The summed E-state index contributed by atoms with van der Waals surface area (Å²) < 4.78 is 19.0. The van der Waals surface area contributed by atoms with Crippen molar-refractivity contribution in [2.45, 2.75) is 19.8 Å². The number of nitrogens with zero attached hydrogens (tertiary/aromatic N) is 2. The van der Waals surface area contributed by atoms with Gasteiger partial charge in [-0.3, -0.25) is 0 Å². The molecule has 1 N–H and O–H groups in total. The lowest BCUT2D eigenvalue weighted by atomic mass is 10.1. The van der Waals surface area contributed by atoms with Crippen LogP contribution in [0, 0.1) is 5.82 Å². The molecule has 2 aromatic carbocycles. The van der Waals surface area contributed by atoms with Crippen LogP contribution in [0.25, 0.3) is 21.3 Å². The summed E-state index contributed by atoms with van der Waals surface area (Å²) in [6.07, 6.45) is 3.71. The second kappa shape index (κ2) is 8.35. The molecule has 0 amide bonds. The number of nitrogens with one attached hydrogen (secondary N) is 1. The quantitative estimate of drug-likeness (QED) is 0.368. The molecule has 6 heteroatoms. The van der Waals surface area contributed by atoms with E-state index in [-0.39, 0.29) is 5.82 Å². The fourth-order valence-corrected chi connectivity index (χ4v) is 3.83. The van der Waals surface area contributed by atoms with Crippen molar-refractivity contribution in [1.82, 2.24) is 9.97 Å². The molecule has 0 atom stereocenters. The van der Waals surface area contributed by atoms with Crippen molar-refractivity contribution in [3.05, 3.63) is 66.1 Å². The van der Waals surface area contributed by atoms with E-state index < -0.39 is 0 Å². The summed E-state index contributed by atoms with van der Waals surface area (Å²) in [5.74, 6) is 1.33. The zero-order valence-electron chi connectivity index (χ0n) is 15.5. The van der Waals surface area contributed by atoms with Gasteiger partial charge < -0.3 is 10.1 Å².